The summed E-state index contributed by atoms with van der Waals surface area (Å²) in [5.41, 5.74) is 1.76. The second-order valence-corrected chi connectivity index (χ2v) is 10.6. The fraction of sp³-hybridized carbons (Fsp3) is 0.417. The van der Waals surface area contributed by atoms with Crippen LogP contribution in [0.3, 0.4) is 0 Å². The van der Waals surface area contributed by atoms with Gasteiger partial charge >= 0.3 is 6.36 Å². The summed E-state index contributed by atoms with van der Waals surface area (Å²) < 4.78 is 66.6. The highest BCUT2D eigenvalue weighted by molar-refractivity contribution is 7.81. The van der Waals surface area contributed by atoms with Crippen molar-refractivity contribution in [1.29, 1.82) is 0 Å². The first-order valence-electron chi connectivity index (χ1n) is 10.9. The van der Waals surface area contributed by atoms with Crippen LogP contribution >= 0.6 is 11.3 Å². The van der Waals surface area contributed by atoms with Crippen LogP contribution in [0, 0.1) is 12.8 Å². The van der Waals surface area contributed by atoms with E-state index in [0.717, 1.165) is 32.8 Å². The molecule has 2 atom stereocenters. The van der Waals surface area contributed by atoms with E-state index >= 15 is 0 Å². The van der Waals surface area contributed by atoms with Gasteiger partial charge in [-0.25, -0.2) is 4.21 Å². The Balaban J connectivity index is 1.88. The largest absolute Gasteiger partial charge is 0.573 e. The van der Waals surface area contributed by atoms with Crippen LogP contribution in [-0.4, -0.2) is 46.2 Å². The fourth-order valence-corrected chi connectivity index (χ4v) is 6.00. The maximum absolute atomic E-state index is 12.5. The Bertz CT molecular complexity index is 1120. The number of thiophene rings is 1. The predicted molar refractivity (Wildman–Crippen MR) is 133 cm³/mol. The van der Waals surface area contributed by atoms with E-state index in [1.807, 2.05) is 38.2 Å². The lowest BCUT2D eigenvalue weighted by molar-refractivity contribution is -0.274. The van der Waals surface area contributed by atoms with Gasteiger partial charge in [-0.2, -0.15) is 0 Å². The summed E-state index contributed by atoms with van der Waals surface area (Å²) in [6, 6.07) is 13.5. The van der Waals surface area contributed by atoms with Gasteiger partial charge in [-0.15, -0.1) is 24.5 Å². The molecule has 0 saturated heterocycles. The molecular weight excluding hydrogens is 485 g/mol. The monoisotopic (exact) mass is 514 g/mol. The molecule has 0 fully saturated rings. The number of benzene rings is 2. The molecule has 1 N–H and O–H groups in total. The highest BCUT2D eigenvalue weighted by Crippen LogP contribution is 2.38. The first kappa shape index (κ1) is 26.5. The Hall–Kier alpha value is -2.14. The minimum atomic E-state index is -4.74. The lowest BCUT2D eigenvalue weighted by Gasteiger charge is -2.33. The molecule has 0 aliphatic carbocycles. The Morgan fingerprint density at radius 2 is 1.74 bits per heavy atom. The molecule has 1 heterocycles. The van der Waals surface area contributed by atoms with Crippen molar-refractivity contribution < 1.29 is 26.7 Å². The second-order valence-electron chi connectivity index (χ2n) is 8.70. The molecule has 0 aliphatic heterocycles. The third-order valence-electron chi connectivity index (χ3n) is 5.51. The van der Waals surface area contributed by atoms with Crippen LogP contribution in [0.2, 0.25) is 0 Å². The number of aryl methyl sites for hydroxylation is 1. The third kappa shape index (κ3) is 6.94. The van der Waals surface area contributed by atoms with Crippen LogP contribution in [0.4, 0.5) is 18.2 Å². The predicted octanol–water partition coefficient (Wildman–Crippen LogP) is 6.25. The smallest absolute Gasteiger partial charge is 0.406 e. The average molecular weight is 515 g/mol. The average Bonchev–Trinajstić information content (AvgIpc) is 3.07. The standard InChI is InChI=1S/C24H29F3N2O3S2/c1-16(2)14-28(4)19(13-18-9-11-20(12-10-18)32-24(25,26)27)15-29(34(30)31)23-17(3)21-7-5-6-8-22(21)33-23/h5-12,16,19H,13-15H2,1-4H3,(H,30,31). The number of nitrogens with zero attached hydrogens (tertiary/aromatic N) is 2. The minimum absolute atomic E-state index is 0.155. The van der Waals surface area contributed by atoms with Gasteiger partial charge in [-0.3, -0.25) is 8.86 Å². The van der Waals surface area contributed by atoms with Gasteiger partial charge in [0.25, 0.3) is 11.3 Å². The maximum Gasteiger partial charge on any atom is 0.573 e. The van der Waals surface area contributed by atoms with Gasteiger partial charge in [0.15, 0.2) is 0 Å². The number of fused-ring (bicyclic) bond motifs is 1. The lowest BCUT2D eigenvalue weighted by Crippen LogP contribution is -2.45. The Morgan fingerprint density at radius 1 is 1.09 bits per heavy atom. The summed E-state index contributed by atoms with van der Waals surface area (Å²) in [6.07, 6.45) is -4.25. The summed E-state index contributed by atoms with van der Waals surface area (Å²) in [6.45, 7) is 7.17. The molecule has 0 radical (unpaired) electrons. The normalized spacial score (nSPS) is 14.1. The van der Waals surface area contributed by atoms with Gasteiger partial charge in [0.05, 0.1) is 6.54 Å². The molecule has 2 aromatic carbocycles. The molecule has 0 bridgehead atoms. The molecule has 3 rings (SSSR count). The number of anilines is 1. The highest BCUT2D eigenvalue weighted by Gasteiger charge is 2.31. The number of ether oxygens (including phenoxy) is 1. The number of halogens is 3. The van der Waals surface area contributed by atoms with E-state index in [2.05, 4.69) is 23.5 Å². The molecule has 186 valence electrons. The molecule has 2 unspecified atom stereocenters. The summed E-state index contributed by atoms with van der Waals surface area (Å²) >= 11 is -0.769. The molecular formula is C24H29F3N2O3S2. The van der Waals surface area contributed by atoms with Gasteiger partial charge < -0.3 is 9.64 Å². The van der Waals surface area contributed by atoms with E-state index in [-0.39, 0.29) is 18.3 Å². The first-order chi connectivity index (χ1) is 15.9. The topological polar surface area (TPSA) is 53.0 Å². The Kier molecular flexibility index (Phi) is 8.62. The number of likely N-dealkylation sites (N-methyl/N-ethyl adjacent to an activating group) is 1. The summed E-state index contributed by atoms with van der Waals surface area (Å²) in [4.78, 5) is 2.13. The molecule has 1 aromatic heterocycles. The van der Waals surface area contributed by atoms with E-state index < -0.39 is 17.6 Å². The zero-order valence-corrected chi connectivity index (χ0v) is 21.1. The van der Waals surface area contributed by atoms with Crippen LogP contribution in [0.5, 0.6) is 5.75 Å². The fourth-order valence-electron chi connectivity index (χ4n) is 3.99. The van der Waals surface area contributed by atoms with E-state index in [4.69, 9.17) is 0 Å². The lowest BCUT2D eigenvalue weighted by atomic mass is 10.0. The van der Waals surface area contributed by atoms with E-state index in [0.29, 0.717) is 12.3 Å². The van der Waals surface area contributed by atoms with Gasteiger partial charge in [-0.05, 0) is 61.0 Å². The first-order valence-corrected chi connectivity index (χ1v) is 12.7. The van der Waals surface area contributed by atoms with Crippen molar-refractivity contribution in [2.75, 3.05) is 24.4 Å². The highest BCUT2D eigenvalue weighted by atomic mass is 32.2. The molecule has 34 heavy (non-hydrogen) atoms. The summed E-state index contributed by atoms with van der Waals surface area (Å²) in [5, 5.41) is 1.78. The van der Waals surface area contributed by atoms with Crippen LogP contribution in [0.1, 0.15) is 25.0 Å². The third-order valence-corrected chi connectivity index (χ3v) is 7.63. The van der Waals surface area contributed by atoms with Crippen LogP contribution in [0.15, 0.2) is 48.5 Å². The molecule has 0 amide bonds. The van der Waals surface area contributed by atoms with Gasteiger partial charge in [0, 0.05) is 17.3 Å². The van der Waals surface area contributed by atoms with Crippen LogP contribution in [-0.2, 0) is 17.7 Å². The van der Waals surface area contributed by atoms with Crippen molar-refractivity contribution in [3.8, 4) is 5.75 Å². The molecule has 10 heteroatoms. The van der Waals surface area contributed by atoms with Crippen molar-refractivity contribution >= 4 is 37.7 Å². The maximum atomic E-state index is 12.5. The van der Waals surface area contributed by atoms with Crippen molar-refractivity contribution in [2.24, 2.45) is 5.92 Å². The minimum Gasteiger partial charge on any atom is -0.406 e. The van der Waals surface area contributed by atoms with Gasteiger partial charge in [-0.1, -0.05) is 44.2 Å². The SMILES string of the molecule is Cc1c(N(CC(Cc2ccc(OC(F)(F)F)cc2)N(C)CC(C)C)S(=O)O)sc2ccccc12. The number of hydrogen-bond acceptors (Lipinski definition) is 4. The van der Waals surface area contributed by atoms with Crippen molar-refractivity contribution in [1.82, 2.24) is 4.90 Å². The number of hydrogen-bond donors (Lipinski definition) is 1. The van der Waals surface area contributed by atoms with E-state index in [9.17, 15) is 21.9 Å². The van der Waals surface area contributed by atoms with Crippen molar-refractivity contribution in [3.05, 3.63) is 59.7 Å². The van der Waals surface area contributed by atoms with E-state index in [1.54, 1.807) is 12.1 Å². The van der Waals surface area contributed by atoms with Crippen LogP contribution in [0.25, 0.3) is 10.1 Å². The van der Waals surface area contributed by atoms with Crippen molar-refractivity contribution in [2.45, 2.75) is 39.6 Å². The quantitative estimate of drug-likeness (QED) is 0.325. The second kappa shape index (κ2) is 11.1. The Labute approximate surface area is 204 Å². The molecule has 5 nitrogen and oxygen atoms in total. The number of rotatable bonds is 10. The van der Waals surface area contributed by atoms with Crippen LogP contribution < -0.4 is 9.04 Å². The van der Waals surface area contributed by atoms with Gasteiger partial charge in [0.2, 0.25) is 0 Å². The summed E-state index contributed by atoms with van der Waals surface area (Å²) in [7, 11) is 1.96. The van der Waals surface area contributed by atoms with Crippen molar-refractivity contribution in [3.63, 3.8) is 0 Å². The van der Waals surface area contributed by atoms with Gasteiger partial charge in [0.1, 0.15) is 10.8 Å². The zero-order valence-electron chi connectivity index (χ0n) is 19.5. The van der Waals surface area contributed by atoms with E-state index in [1.165, 1.54) is 27.8 Å². The Morgan fingerprint density at radius 3 is 2.29 bits per heavy atom. The number of alkyl halides is 3. The zero-order chi connectivity index (χ0) is 25.0. The molecule has 0 saturated carbocycles. The molecule has 3 aromatic rings. The molecule has 0 aliphatic rings. The molecule has 0 spiro atoms. The summed E-state index contributed by atoms with van der Waals surface area (Å²) in [5.74, 6) is 0.0940.